The minimum atomic E-state index is -3.82. The number of aryl methyl sites for hydroxylation is 1. The van der Waals surface area contributed by atoms with Crippen LogP contribution in [0.3, 0.4) is 0 Å². The van der Waals surface area contributed by atoms with Gasteiger partial charge in [0.05, 0.1) is 17.4 Å². The summed E-state index contributed by atoms with van der Waals surface area (Å²) < 4.78 is 49.3. The van der Waals surface area contributed by atoms with Crippen LogP contribution in [0.5, 0.6) is 0 Å². The predicted octanol–water partition coefficient (Wildman–Crippen LogP) is 0.266. The molecule has 0 aromatic carbocycles. The van der Waals surface area contributed by atoms with Crippen molar-refractivity contribution < 1.29 is 16.8 Å². The van der Waals surface area contributed by atoms with Gasteiger partial charge >= 0.3 is 0 Å². The summed E-state index contributed by atoms with van der Waals surface area (Å²) in [6.45, 7) is 1.82. The quantitative estimate of drug-likeness (QED) is 0.795. The largest absolute Gasteiger partial charge is 0.281 e. The monoisotopic (exact) mass is 341 g/mol. The highest BCUT2D eigenvalue weighted by molar-refractivity contribution is 7.91. The molecule has 0 saturated carbocycles. The van der Waals surface area contributed by atoms with Gasteiger partial charge in [-0.15, -0.1) is 11.6 Å². The van der Waals surface area contributed by atoms with E-state index in [9.17, 15) is 16.8 Å². The zero-order valence-corrected chi connectivity index (χ0v) is 13.4. The molecule has 0 radical (unpaired) electrons. The summed E-state index contributed by atoms with van der Waals surface area (Å²) >= 11 is 5.76. The third-order valence-corrected chi connectivity index (χ3v) is 7.12. The van der Waals surface area contributed by atoms with Crippen molar-refractivity contribution in [3.05, 3.63) is 11.3 Å². The van der Waals surface area contributed by atoms with Crippen LogP contribution in [0.2, 0.25) is 0 Å². The molecule has 1 aliphatic rings. The normalized spacial score (nSPS) is 20.7. The number of rotatable bonds is 3. The molecular weight excluding hydrogens is 326 g/mol. The molecule has 1 saturated heterocycles. The van der Waals surface area contributed by atoms with Gasteiger partial charge in [0.25, 0.3) is 10.0 Å². The second kappa shape index (κ2) is 5.63. The molecule has 0 bridgehead atoms. The summed E-state index contributed by atoms with van der Waals surface area (Å²) in [6.07, 6.45) is 0.293. The van der Waals surface area contributed by atoms with E-state index in [4.69, 9.17) is 11.6 Å². The van der Waals surface area contributed by atoms with Crippen LogP contribution in [-0.2, 0) is 25.7 Å². The van der Waals surface area contributed by atoms with Gasteiger partial charge in [0.15, 0.2) is 14.9 Å². The van der Waals surface area contributed by atoms with E-state index >= 15 is 0 Å². The number of sulfonamides is 1. The molecule has 0 atom stereocenters. The fraction of sp³-hybridized carbons (Fsp3) is 0.700. The van der Waals surface area contributed by atoms with Crippen LogP contribution in [-0.4, -0.2) is 55.9 Å². The van der Waals surface area contributed by atoms with Gasteiger partial charge in [-0.3, -0.25) is 5.10 Å². The van der Waals surface area contributed by atoms with Crippen molar-refractivity contribution in [2.24, 2.45) is 0 Å². The lowest BCUT2D eigenvalue weighted by Gasteiger charge is -2.18. The molecular formula is C10H16ClN3O4S2. The highest BCUT2D eigenvalue weighted by Gasteiger charge is 2.32. The average molecular weight is 342 g/mol. The lowest BCUT2D eigenvalue weighted by molar-refractivity contribution is 0.432. The van der Waals surface area contributed by atoms with Crippen LogP contribution < -0.4 is 0 Å². The molecule has 1 N–H and O–H groups in total. The minimum Gasteiger partial charge on any atom is -0.281 e. The molecule has 114 valence electrons. The average Bonchev–Trinajstić information content (AvgIpc) is 2.64. The van der Waals surface area contributed by atoms with Gasteiger partial charge in [0, 0.05) is 24.3 Å². The number of H-pyrrole nitrogens is 1. The van der Waals surface area contributed by atoms with E-state index in [1.165, 1.54) is 4.31 Å². The summed E-state index contributed by atoms with van der Waals surface area (Å²) in [5, 5.41) is 6.31. The third kappa shape index (κ3) is 3.00. The van der Waals surface area contributed by atoms with E-state index in [0.717, 1.165) is 0 Å². The first-order chi connectivity index (χ1) is 9.28. The fourth-order valence-corrected chi connectivity index (χ4v) is 5.52. The van der Waals surface area contributed by atoms with Crippen LogP contribution >= 0.6 is 11.6 Å². The smallest absolute Gasteiger partial charge is 0.262 e. The Morgan fingerprint density at radius 3 is 2.70 bits per heavy atom. The van der Waals surface area contributed by atoms with Crippen LogP contribution in [0.15, 0.2) is 5.03 Å². The Labute approximate surface area is 123 Å². The maximum absolute atomic E-state index is 12.5. The molecule has 20 heavy (non-hydrogen) atoms. The summed E-state index contributed by atoms with van der Waals surface area (Å²) in [6, 6.07) is 0. The van der Waals surface area contributed by atoms with Crippen molar-refractivity contribution in [1.82, 2.24) is 14.5 Å². The molecule has 2 rings (SSSR count). The van der Waals surface area contributed by atoms with E-state index in [1.807, 2.05) is 0 Å². The number of halogens is 1. The van der Waals surface area contributed by atoms with Crippen molar-refractivity contribution in [1.29, 1.82) is 0 Å². The topological polar surface area (TPSA) is 100 Å². The maximum atomic E-state index is 12.5. The molecule has 1 aromatic heterocycles. The number of sulfone groups is 1. The third-order valence-electron chi connectivity index (χ3n) is 3.27. The number of nitrogens with one attached hydrogen (secondary N) is 1. The summed E-state index contributed by atoms with van der Waals surface area (Å²) in [7, 11) is -6.98. The minimum absolute atomic E-state index is 0.0149. The van der Waals surface area contributed by atoms with E-state index in [2.05, 4.69) is 10.2 Å². The van der Waals surface area contributed by atoms with Crippen molar-refractivity contribution in [2.75, 3.05) is 24.6 Å². The molecule has 1 aliphatic heterocycles. The Kier molecular flexibility index (Phi) is 4.43. The van der Waals surface area contributed by atoms with Crippen LogP contribution in [0, 0.1) is 6.92 Å². The molecule has 1 fully saturated rings. The van der Waals surface area contributed by atoms with Gasteiger partial charge < -0.3 is 0 Å². The van der Waals surface area contributed by atoms with Crippen molar-refractivity contribution in [3.63, 3.8) is 0 Å². The van der Waals surface area contributed by atoms with Crippen molar-refractivity contribution >= 4 is 31.5 Å². The van der Waals surface area contributed by atoms with E-state index < -0.39 is 19.9 Å². The molecule has 0 aliphatic carbocycles. The summed E-state index contributed by atoms with van der Waals surface area (Å²) in [5.41, 5.74) is 1.03. The fourth-order valence-electron chi connectivity index (χ4n) is 2.08. The first-order valence-corrected chi connectivity index (χ1v) is 9.88. The SMILES string of the molecule is Cc1[nH]nc(S(=O)(=O)N2CCCS(=O)(=O)CC2)c1CCl. The maximum Gasteiger partial charge on any atom is 0.262 e. The molecule has 1 aromatic rings. The van der Waals surface area contributed by atoms with Gasteiger partial charge in [-0.1, -0.05) is 0 Å². The number of hydrogen-bond donors (Lipinski definition) is 1. The van der Waals surface area contributed by atoms with Gasteiger partial charge in [0.2, 0.25) is 0 Å². The van der Waals surface area contributed by atoms with E-state index in [0.29, 0.717) is 17.7 Å². The molecule has 0 amide bonds. The first-order valence-electron chi connectivity index (χ1n) is 6.08. The Hall–Kier alpha value is -0.640. The second-order valence-electron chi connectivity index (χ2n) is 4.68. The Morgan fingerprint density at radius 1 is 1.35 bits per heavy atom. The Bertz CT molecular complexity index is 696. The van der Waals surface area contributed by atoms with Crippen LogP contribution in [0.1, 0.15) is 17.7 Å². The molecule has 10 heteroatoms. The molecule has 0 spiro atoms. The number of hydrogen-bond acceptors (Lipinski definition) is 5. The Morgan fingerprint density at radius 2 is 2.05 bits per heavy atom. The molecule has 0 unspecified atom stereocenters. The zero-order chi connectivity index (χ0) is 15.0. The summed E-state index contributed by atoms with van der Waals surface area (Å²) in [4.78, 5) is 0. The lowest BCUT2D eigenvalue weighted by Crippen LogP contribution is -2.34. The van der Waals surface area contributed by atoms with E-state index in [-0.39, 0.29) is 35.5 Å². The predicted molar refractivity (Wildman–Crippen MR) is 74.9 cm³/mol. The van der Waals surface area contributed by atoms with Crippen LogP contribution in [0.25, 0.3) is 0 Å². The van der Waals surface area contributed by atoms with E-state index in [1.54, 1.807) is 6.92 Å². The number of alkyl halides is 1. The molecule has 7 nitrogen and oxygen atoms in total. The van der Waals surface area contributed by atoms with Crippen LogP contribution in [0.4, 0.5) is 0 Å². The van der Waals surface area contributed by atoms with Crippen molar-refractivity contribution in [2.45, 2.75) is 24.3 Å². The van der Waals surface area contributed by atoms with Crippen molar-refractivity contribution in [3.8, 4) is 0 Å². The highest BCUT2D eigenvalue weighted by Crippen LogP contribution is 2.23. The second-order valence-corrected chi connectivity index (χ2v) is 9.10. The van der Waals surface area contributed by atoms with Gasteiger partial charge in [-0.25, -0.2) is 16.8 Å². The molecule has 2 heterocycles. The summed E-state index contributed by atoms with van der Waals surface area (Å²) in [5.74, 6) is -0.115. The zero-order valence-electron chi connectivity index (χ0n) is 11.0. The van der Waals surface area contributed by atoms with Gasteiger partial charge in [0.1, 0.15) is 0 Å². The standard InChI is InChI=1S/C10H16ClN3O4S2/c1-8-9(7-11)10(13-12-8)20(17,18)14-3-2-5-19(15,16)6-4-14/h2-7H2,1H3,(H,12,13). The highest BCUT2D eigenvalue weighted by atomic mass is 35.5. The Balaban J connectivity index is 2.35. The lowest BCUT2D eigenvalue weighted by atomic mass is 10.3. The first kappa shape index (κ1) is 15.7. The van der Waals surface area contributed by atoms with Gasteiger partial charge in [-0.05, 0) is 13.3 Å². The van der Waals surface area contributed by atoms with Gasteiger partial charge in [-0.2, -0.15) is 9.40 Å². The number of aromatic nitrogens is 2. The number of aromatic amines is 1. The number of nitrogens with zero attached hydrogens (tertiary/aromatic N) is 2.